The summed E-state index contributed by atoms with van der Waals surface area (Å²) in [7, 11) is 0. The first-order chi connectivity index (χ1) is 39.2. The number of terminal acetylenes is 2. The summed E-state index contributed by atoms with van der Waals surface area (Å²) in [5, 5.41) is 39.2. The molecule has 0 spiro atoms. The molecule has 18 nitrogen and oxygen atoms in total. The van der Waals surface area contributed by atoms with Gasteiger partial charge in [-0.1, -0.05) is 17.9 Å². The predicted octanol–water partition coefficient (Wildman–Crippen LogP) is 7.47. The van der Waals surface area contributed by atoms with Gasteiger partial charge < -0.3 is 29.1 Å². The van der Waals surface area contributed by atoms with Gasteiger partial charge in [0.2, 0.25) is 0 Å². The summed E-state index contributed by atoms with van der Waals surface area (Å²) in [6.07, 6.45) is 32.5. The van der Waals surface area contributed by atoms with Crippen LogP contribution in [0.1, 0.15) is 74.2 Å². The number of pyridine rings is 6. The fourth-order valence-electron chi connectivity index (χ4n) is 11.6. The maximum absolute atomic E-state index is 10.3. The molecule has 6 fully saturated rings. The zero-order valence-electron chi connectivity index (χ0n) is 45.6. The molecule has 8 aromatic heterocycles. The number of fused-ring (bicyclic) bond motifs is 6. The van der Waals surface area contributed by atoms with Gasteiger partial charge in [-0.3, -0.25) is 19.8 Å². The molecule has 6 aliphatic heterocycles. The average molecular weight is 1080 g/mol. The summed E-state index contributed by atoms with van der Waals surface area (Å²) >= 11 is 0. The highest BCUT2D eigenvalue weighted by atomic mass is 16.5. The standard InChI is InChI=1S/C63H60N14O4/c1-7-41-11-14-47(66-27-41)10-9-18-74-49-21-50(74)34-72(33-49)58-15-13-44(30-68-58)56-24-54(38-77-61(56)46(26-65)32-71-77)80-40-63(5,6)81-57-20-48(67-28-42(57)8-2)17-19-75-51-22-52(75)36-73(35-51)59-16-12-43(29-69-59)55-23-53(79-39-62(3,4)78)37-76-60(55)45(25-64)31-70-76/h1-2,9-16,20,23-24,27-32,37-38,49-52,78H,17-19,21-22,33-36,39-40H2,3-6H3/b10-9+. The quantitative estimate of drug-likeness (QED) is 0.0831. The topological polar surface area (TPSA) is 195 Å². The normalized spacial score (nSPS) is 18.9. The van der Waals surface area contributed by atoms with Gasteiger partial charge in [-0.2, -0.15) is 20.7 Å². The minimum absolute atomic E-state index is 0.0958. The van der Waals surface area contributed by atoms with E-state index in [1.165, 1.54) is 6.42 Å². The van der Waals surface area contributed by atoms with Crippen LogP contribution in [0, 0.1) is 47.3 Å². The van der Waals surface area contributed by atoms with Crippen LogP contribution in [-0.4, -0.2) is 142 Å². The van der Waals surface area contributed by atoms with Crippen molar-refractivity contribution in [3.8, 4) is 76.3 Å². The Labute approximate surface area is 470 Å². The minimum atomic E-state index is -1.02. The third-order valence-electron chi connectivity index (χ3n) is 15.7. The second-order valence-corrected chi connectivity index (χ2v) is 22.6. The third-order valence-corrected chi connectivity index (χ3v) is 15.7. The Hall–Kier alpha value is -9.30. The van der Waals surface area contributed by atoms with Gasteiger partial charge >= 0.3 is 0 Å². The van der Waals surface area contributed by atoms with Gasteiger partial charge in [-0.25, -0.2) is 19.0 Å². The van der Waals surface area contributed by atoms with E-state index >= 15 is 0 Å². The van der Waals surface area contributed by atoms with Crippen molar-refractivity contribution in [2.45, 2.75) is 82.3 Å². The highest BCUT2D eigenvalue weighted by Gasteiger charge is 2.45. The number of nitriles is 2. The van der Waals surface area contributed by atoms with Crippen molar-refractivity contribution in [3.63, 3.8) is 0 Å². The van der Waals surface area contributed by atoms with E-state index in [0.717, 1.165) is 103 Å². The molecule has 8 aromatic rings. The molecular formula is C63H60N14O4. The first kappa shape index (κ1) is 52.4. The molecule has 6 saturated heterocycles. The summed E-state index contributed by atoms with van der Waals surface area (Å²) in [4.78, 5) is 28.8. The van der Waals surface area contributed by atoms with Crippen LogP contribution in [0.2, 0.25) is 0 Å². The predicted molar refractivity (Wildman–Crippen MR) is 308 cm³/mol. The Morgan fingerprint density at radius 2 is 1.23 bits per heavy atom. The van der Waals surface area contributed by atoms with Crippen LogP contribution in [0.15, 0.2) is 110 Å². The molecule has 0 aliphatic carbocycles. The van der Waals surface area contributed by atoms with Crippen molar-refractivity contribution in [2.24, 2.45) is 0 Å². The highest BCUT2D eigenvalue weighted by Crippen LogP contribution is 2.39. The first-order valence-corrected chi connectivity index (χ1v) is 27.2. The van der Waals surface area contributed by atoms with E-state index in [1.54, 1.807) is 60.1 Å². The third kappa shape index (κ3) is 10.8. The van der Waals surface area contributed by atoms with E-state index in [0.29, 0.717) is 69.1 Å². The molecule has 0 aromatic carbocycles. The molecule has 4 unspecified atom stereocenters. The van der Waals surface area contributed by atoms with E-state index < -0.39 is 11.2 Å². The summed E-state index contributed by atoms with van der Waals surface area (Å²) in [6, 6.07) is 24.0. The number of ether oxygens (including phenoxy) is 3. The zero-order valence-corrected chi connectivity index (χ0v) is 45.6. The van der Waals surface area contributed by atoms with Crippen LogP contribution < -0.4 is 24.0 Å². The summed E-state index contributed by atoms with van der Waals surface area (Å²) in [6.45, 7) is 12.8. The van der Waals surface area contributed by atoms with Crippen molar-refractivity contribution in [3.05, 3.63) is 144 Å². The van der Waals surface area contributed by atoms with Crippen LogP contribution in [0.5, 0.6) is 17.2 Å². The number of hydrogen-bond acceptors (Lipinski definition) is 16. The van der Waals surface area contributed by atoms with E-state index in [9.17, 15) is 15.6 Å². The number of piperidine rings is 2. The first-order valence-electron chi connectivity index (χ1n) is 27.2. The Bertz CT molecular complexity index is 3850. The molecule has 406 valence electrons. The maximum Gasteiger partial charge on any atom is 0.139 e. The van der Waals surface area contributed by atoms with Crippen LogP contribution in [0.25, 0.3) is 39.4 Å². The van der Waals surface area contributed by atoms with Gasteiger partial charge in [0.1, 0.15) is 59.8 Å². The van der Waals surface area contributed by atoms with Crippen LogP contribution in [0.3, 0.4) is 0 Å². The molecule has 81 heavy (non-hydrogen) atoms. The maximum atomic E-state index is 10.3. The highest BCUT2D eigenvalue weighted by molar-refractivity contribution is 5.86. The molecule has 0 radical (unpaired) electrons. The van der Waals surface area contributed by atoms with Gasteiger partial charge in [-0.15, -0.1) is 12.8 Å². The molecule has 4 atom stereocenters. The SMILES string of the molecule is C#Cc1ccc(/C=C/CN2C3CC2CN(c2ccc(-c4cc(OCC(C)(C)Oc5cc(CCN6C7CC6CN(c6ccc(-c8cc(OCC(C)(C)O)cn9ncc(C#N)c89)cn6)C7)ncc5C#C)cn5ncc(C#N)c45)cn2)C3)nc1. The van der Waals surface area contributed by atoms with Gasteiger partial charge in [0.15, 0.2) is 0 Å². The average Bonchev–Trinajstić information content (AvgIpc) is 4.12. The lowest BCUT2D eigenvalue weighted by Gasteiger charge is -2.56. The molecule has 1 N–H and O–H groups in total. The van der Waals surface area contributed by atoms with E-state index in [4.69, 9.17) is 42.0 Å². The Kier molecular flexibility index (Phi) is 13.8. The lowest BCUT2D eigenvalue weighted by atomic mass is 9.87. The molecule has 4 bridgehead atoms. The van der Waals surface area contributed by atoms with Crippen molar-refractivity contribution in [1.82, 2.24) is 49.0 Å². The zero-order chi connectivity index (χ0) is 56.0. The van der Waals surface area contributed by atoms with E-state index in [2.05, 4.69) is 83.0 Å². The summed E-state index contributed by atoms with van der Waals surface area (Å²) < 4.78 is 22.4. The second kappa shape index (κ2) is 21.4. The van der Waals surface area contributed by atoms with Crippen molar-refractivity contribution in [2.75, 3.05) is 62.3 Å². The number of anilines is 2. The fourth-order valence-corrected chi connectivity index (χ4v) is 11.6. The molecule has 14 rings (SSSR count). The van der Waals surface area contributed by atoms with Crippen molar-refractivity contribution in [1.29, 1.82) is 10.5 Å². The lowest BCUT2D eigenvalue weighted by Crippen LogP contribution is -2.69. The van der Waals surface area contributed by atoms with Crippen molar-refractivity contribution < 1.29 is 19.3 Å². The number of nitrogens with zero attached hydrogens (tertiary/aromatic N) is 14. The molecule has 0 amide bonds. The molecule has 6 aliphatic rings. The Morgan fingerprint density at radius 1 is 0.654 bits per heavy atom. The number of piperazine rings is 2. The van der Waals surface area contributed by atoms with Gasteiger partial charge in [-0.05, 0) is 95.1 Å². The Balaban J connectivity index is 0.660. The van der Waals surface area contributed by atoms with E-state index in [-0.39, 0.29) is 13.2 Å². The van der Waals surface area contributed by atoms with Crippen molar-refractivity contribution >= 4 is 28.7 Å². The van der Waals surface area contributed by atoms with Gasteiger partial charge in [0.05, 0.1) is 63.8 Å². The molecule has 0 saturated carbocycles. The Morgan fingerprint density at radius 3 is 1.74 bits per heavy atom. The lowest BCUT2D eigenvalue weighted by molar-refractivity contribution is 0.0000948. The largest absolute Gasteiger partial charge is 0.489 e. The minimum Gasteiger partial charge on any atom is -0.489 e. The molecule has 14 heterocycles. The second-order valence-electron chi connectivity index (χ2n) is 22.6. The number of rotatable bonds is 18. The van der Waals surface area contributed by atoms with Gasteiger partial charge in [0.25, 0.3) is 0 Å². The molecular weight excluding hydrogens is 1020 g/mol. The smallest absolute Gasteiger partial charge is 0.139 e. The van der Waals surface area contributed by atoms with Crippen LogP contribution in [-0.2, 0) is 6.42 Å². The molecule has 18 heteroatoms. The van der Waals surface area contributed by atoms with Crippen LogP contribution >= 0.6 is 0 Å². The summed E-state index contributed by atoms with van der Waals surface area (Å²) in [5.74, 6) is 8.83. The number of aromatic nitrogens is 8. The number of hydrogen-bond donors (Lipinski definition) is 1. The number of aliphatic hydroxyl groups is 1. The van der Waals surface area contributed by atoms with Gasteiger partial charge in [0, 0.05) is 134 Å². The van der Waals surface area contributed by atoms with Crippen LogP contribution in [0.4, 0.5) is 11.6 Å². The summed E-state index contributed by atoms with van der Waals surface area (Å²) in [5.41, 5.74) is 6.73. The van der Waals surface area contributed by atoms with E-state index in [1.807, 2.05) is 68.7 Å². The monoisotopic (exact) mass is 1080 g/mol. The fraction of sp³-hybridized carbons (Fsp3) is 0.333.